The molecule has 0 aliphatic carbocycles. The third-order valence-electron chi connectivity index (χ3n) is 4.67. The summed E-state index contributed by atoms with van der Waals surface area (Å²) in [6.45, 7) is -0.799. The van der Waals surface area contributed by atoms with Crippen LogP contribution in [0.4, 0.5) is 0 Å². The fourth-order valence-corrected chi connectivity index (χ4v) is 3.31. The first-order valence-electron chi connectivity index (χ1n) is 8.59. The lowest BCUT2D eigenvalue weighted by Gasteiger charge is -2.33. The predicted molar refractivity (Wildman–Crippen MR) is 91.3 cm³/mol. The monoisotopic (exact) mass is 373 g/mol. The number of hydrogen-bond donors (Lipinski definition) is 1. The van der Waals surface area contributed by atoms with E-state index in [-0.39, 0.29) is 11.1 Å². The van der Waals surface area contributed by atoms with Gasteiger partial charge < -0.3 is 15.4 Å². The molecule has 1 aromatic carbocycles. The van der Waals surface area contributed by atoms with E-state index in [1.165, 1.54) is 17.0 Å². The Labute approximate surface area is 155 Å². The smallest absolute Gasteiger partial charge is 0.326 e. The van der Waals surface area contributed by atoms with Gasteiger partial charge in [0.15, 0.2) is 6.61 Å². The number of nitrogens with zero attached hydrogens (tertiary/aromatic N) is 2. The highest BCUT2D eigenvalue weighted by Crippen LogP contribution is 2.22. The van der Waals surface area contributed by atoms with Crippen LogP contribution in [0.25, 0.3) is 0 Å². The molecule has 0 bridgehead atoms. The first kappa shape index (κ1) is 18.6. The van der Waals surface area contributed by atoms with Crippen LogP contribution in [0.1, 0.15) is 40.0 Å². The number of ether oxygens (including phenoxy) is 1. The van der Waals surface area contributed by atoms with Gasteiger partial charge in [0.2, 0.25) is 5.91 Å². The van der Waals surface area contributed by atoms with Gasteiger partial charge in [-0.3, -0.25) is 28.9 Å². The minimum Gasteiger partial charge on any atom is -0.454 e. The molecule has 0 spiro atoms. The Morgan fingerprint density at radius 3 is 2.30 bits per heavy atom. The maximum absolute atomic E-state index is 12.3. The molecule has 0 radical (unpaired) electrons. The number of amides is 4. The fourth-order valence-electron chi connectivity index (χ4n) is 3.31. The zero-order valence-electron chi connectivity index (χ0n) is 14.6. The van der Waals surface area contributed by atoms with E-state index in [9.17, 15) is 24.0 Å². The number of piperidine rings is 1. The third-order valence-corrected chi connectivity index (χ3v) is 4.67. The second kappa shape index (κ2) is 7.56. The standard InChI is InChI=1S/C18H19N3O6/c19-16(24)13-7-3-4-8-20(13)14(22)10-27-15(23)9-21-17(25)11-5-1-2-6-12(11)18(21)26/h1-2,5-6,13H,3-4,7-10H2,(H2,19,24)/t13-/m1/s1. The molecular formula is C18H19N3O6. The summed E-state index contributed by atoms with van der Waals surface area (Å²) in [6.07, 6.45) is 2.00. The summed E-state index contributed by atoms with van der Waals surface area (Å²) >= 11 is 0. The molecule has 1 saturated heterocycles. The highest BCUT2D eigenvalue weighted by molar-refractivity contribution is 6.22. The van der Waals surface area contributed by atoms with Crippen LogP contribution in [0, 0.1) is 0 Å². The van der Waals surface area contributed by atoms with Gasteiger partial charge in [-0.2, -0.15) is 0 Å². The second-order valence-corrected chi connectivity index (χ2v) is 6.40. The summed E-state index contributed by atoms with van der Waals surface area (Å²) in [5, 5.41) is 0. The number of carbonyl (C=O) groups is 5. The van der Waals surface area contributed by atoms with Crippen LogP contribution in [0.2, 0.25) is 0 Å². The Morgan fingerprint density at radius 2 is 1.70 bits per heavy atom. The molecule has 0 aromatic heterocycles. The highest BCUT2D eigenvalue weighted by Gasteiger charge is 2.37. The molecular weight excluding hydrogens is 354 g/mol. The molecule has 2 aliphatic heterocycles. The summed E-state index contributed by atoms with van der Waals surface area (Å²) in [6, 6.07) is 5.55. The average molecular weight is 373 g/mol. The summed E-state index contributed by atoms with van der Waals surface area (Å²) in [7, 11) is 0. The van der Waals surface area contributed by atoms with Gasteiger partial charge in [0.05, 0.1) is 11.1 Å². The number of esters is 1. The SMILES string of the molecule is NC(=O)[C@H]1CCCCN1C(=O)COC(=O)CN1C(=O)c2ccccc2C1=O. The van der Waals surface area contributed by atoms with Crippen LogP contribution in [0.3, 0.4) is 0 Å². The zero-order chi connectivity index (χ0) is 19.6. The van der Waals surface area contributed by atoms with Crippen molar-refractivity contribution in [3.05, 3.63) is 35.4 Å². The number of fused-ring (bicyclic) bond motifs is 1. The molecule has 2 N–H and O–H groups in total. The van der Waals surface area contributed by atoms with Crippen molar-refractivity contribution in [3.63, 3.8) is 0 Å². The molecule has 0 unspecified atom stereocenters. The summed E-state index contributed by atoms with van der Waals surface area (Å²) in [4.78, 5) is 62.2. The molecule has 142 valence electrons. The number of imide groups is 1. The van der Waals surface area contributed by atoms with Gasteiger partial charge in [-0.1, -0.05) is 12.1 Å². The van der Waals surface area contributed by atoms with Gasteiger partial charge in [-0.15, -0.1) is 0 Å². The molecule has 9 nitrogen and oxygen atoms in total. The van der Waals surface area contributed by atoms with Crippen molar-refractivity contribution in [1.82, 2.24) is 9.80 Å². The fraction of sp³-hybridized carbons (Fsp3) is 0.389. The zero-order valence-corrected chi connectivity index (χ0v) is 14.6. The van der Waals surface area contributed by atoms with Crippen LogP contribution < -0.4 is 5.73 Å². The normalized spacial score (nSPS) is 19.0. The summed E-state index contributed by atoms with van der Waals surface area (Å²) in [5.74, 6) is -3.17. The summed E-state index contributed by atoms with van der Waals surface area (Å²) < 4.78 is 4.91. The number of benzene rings is 1. The number of hydrogen-bond acceptors (Lipinski definition) is 6. The first-order valence-corrected chi connectivity index (χ1v) is 8.59. The third kappa shape index (κ3) is 3.67. The van der Waals surface area contributed by atoms with Gasteiger partial charge >= 0.3 is 5.97 Å². The van der Waals surface area contributed by atoms with Gasteiger partial charge in [-0.25, -0.2) is 0 Å². The van der Waals surface area contributed by atoms with Gasteiger partial charge in [0, 0.05) is 6.54 Å². The van der Waals surface area contributed by atoms with Crippen molar-refractivity contribution < 1.29 is 28.7 Å². The second-order valence-electron chi connectivity index (χ2n) is 6.40. The van der Waals surface area contributed by atoms with Crippen LogP contribution >= 0.6 is 0 Å². The quantitative estimate of drug-likeness (QED) is 0.557. The number of rotatable bonds is 5. The molecule has 1 aromatic rings. The van der Waals surface area contributed by atoms with Crippen LogP contribution in [0.5, 0.6) is 0 Å². The minimum absolute atomic E-state index is 0.226. The van der Waals surface area contributed by atoms with Crippen LogP contribution in [0.15, 0.2) is 24.3 Å². The highest BCUT2D eigenvalue weighted by atomic mass is 16.5. The van der Waals surface area contributed by atoms with E-state index in [4.69, 9.17) is 10.5 Å². The Kier molecular flexibility index (Phi) is 5.20. The molecule has 27 heavy (non-hydrogen) atoms. The molecule has 2 heterocycles. The van der Waals surface area contributed by atoms with Crippen molar-refractivity contribution in [2.24, 2.45) is 5.73 Å². The van der Waals surface area contributed by atoms with Crippen molar-refractivity contribution in [2.45, 2.75) is 25.3 Å². The van der Waals surface area contributed by atoms with E-state index in [1.807, 2.05) is 0 Å². The molecule has 2 aliphatic rings. The van der Waals surface area contributed by atoms with Crippen molar-refractivity contribution in [3.8, 4) is 0 Å². The van der Waals surface area contributed by atoms with Crippen molar-refractivity contribution >= 4 is 29.6 Å². The van der Waals surface area contributed by atoms with Crippen molar-refractivity contribution in [2.75, 3.05) is 19.7 Å². The van der Waals surface area contributed by atoms with E-state index in [1.54, 1.807) is 12.1 Å². The molecule has 1 fully saturated rings. The minimum atomic E-state index is -0.884. The molecule has 3 rings (SSSR count). The first-order chi connectivity index (χ1) is 12.9. The Morgan fingerprint density at radius 1 is 1.07 bits per heavy atom. The summed E-state index contributed by atoms with van der Waals surface area (Å²) in [5.41, 5.74) is 5.76. The van der Waals surface area contributed by atoms with Crippen LogP contribution in [-0.2, 0) is 19.1 Å². The van der Waals surface area contributed by atoms with Gasteiger partial charge in [0.25, 0.3) is 17.7 Å². The lowest BCUT2D eigenvalue weighted by molar-refractivity contribution is -0.154. The average Bonchev–Trinajstić information content (AvgIpc) is 2.91. The van der Waals surface area contributed by atoms with E-state index < -0.39 is 48.8 Å². The van der Waals surface area contributed by atoms with E-state index in [2.05, 4.69) is 0 Å². The topological polar surface area (TPSA) is 127 Å². The molecule has 0 saturated carbocycles. The number of carbonyl (C=O) groups excluding carboxylic acids is 5. The maximum Gasteiger partial charge on any atom is 0.326 e. The Bertz CT molecular complexity index is 786. The predicted octanol–water partition coefficient (Wildman–Crippen LogP) is -0.308. The van der Waals surface area contributed by atoms with Crippen LogP contribution in [-0.4, -0.2) is 65.1 Å². The van der Waals surface area contributed by atoms with E-state index in [0.717, 1.165) is 17.7 Å². The molecule has 1 atom stereocenters. The lowest BCUT2D eigenvalue weighted by Crippen LogP contribution is -2.51. The molecule has 9 heteroatoms. The Hall–Kier alpha value is -3.23. The van der Waals surface area contributed by atoms with E-state index in [0.29, 0.717) is 13.0 Å². The Balaban J connectivity index is 1.56. The largest absolute Gasteiger partial charge is 0.454 e. The number of nitrogens with two attached hydrogens (primary N) is 1. The lowest BCUT2D eigenvalue weighted by atomic mass is 10.0. The van der Waals surface area contributed by atoms with E-state index >= 15 is 0 Å². The number of primary amides is 1. The molecule has 4 amide bonds. The van der Waals surface area contributed by atoms with Gasteiger partial charge in [0.1, 0.15) is 12.6 Å². The maximum atomic E-state index is 12.3. The number of likely N-dealkylation sites (tertiary alicyclic amines) is 1. The van der Waals surface area contributed by atoms with Crippen molar-refractivity contribution in [1.29, 1.82) is 0 Å². The van der Waals surface area contributed by atoms with Gasteiger partial charge in [-0.05, 0) is 31.4 Å².